The summed E-state index contributed by atoms with van der Waals surface area (Å²) in [6.45, 7) is 2.72. The van der Waals surface area contributed by atoms with Crippen LogP contribution in [0.25, 0.3) is 0 Å². The van der Waals surface area contributed by atoms with Gasteiger partial charge in [0.25, 0.3) is 10.0 Å². The summed E-state index contributed by atoms with van der Waals surface area (Å²) in [5.74, 6) is -0.206. The van der Waals surface area contributed by atoms with Gasteiger partial charge in [0.15, 0.2) is 0 Å². The van der Waals surface area contributed by atoms with Crippen LogP contribution in [0.2, 0.25) is 0 Å². The summed E-state index contributed by atoms with van der Waals surface area (Å²) in [5.41, 5.74) is 1.91. The smallest absolute Gasteiger partial charge is 0.252 e. The van der Waals surface area contributed by atoms with Crippen molar-refractivity contribution in [1.82, 2.24) is 4.31 Å². The largest absolute Gasteiger partial charge is 0.326 e. The molecule has 1 amide bonds. The number of nitrogens with zero attached hydrogens (tertiary/aromatic N) is 1. The molecule has 0 spiro atoms. The predicted molar refractivity (Wildman–Crippen MR) is 103 cm³/mol. The van der Waals surface area contributed by atoms with Crippen LogP contribution in [0, 0.1) is 12.8 Å². The number of sulfonamides is 1. The molecule has 2 heterocycles. The fourth-order valence-electron chi connectivity index (χ4n) is 2.80. The topological polar surface area (TPSA) is 66.5 Å². The normalized spacial score (nSPS) is 16.7. The average Bonchev–Trinajstić information content (AvgIpc) is 3.04. The van der Waals surface area contributed by atoms with Gasteiger partial charge in [0, 0.05) is 24.7 Å². The second-order valence-corrected chi connectivity index (χ2v) is 10.7. The molecule has 1 aromatic heterocycles. The highest BCUT2D eigenvalue weighted by atomic mass is 79.9. The van der Waals surface area contributed by atoms with Gasteiger partial charge in [0.2, 0.25) is 5.91 Å². The molecule has 0 unspecified atom stereocenters. The molecule has 1 aromatic carbocycles. The first-order chi connectivity index (χ1) is 11.9. The molecule has 0 saturated carbocycles. The second-order valence-electron chi connectivity index (χ2n) is 6.09. The van der Waals surface area contributed by atoms with E-state index < -0.39 is 10.0 Å². The summed E-state index contributed by atoms with van der Waals surface area (Å²) in [6.07, 6.45) is 1.06. The van der Waals surface area contributed by atoms with Crippen LogP contribution < -0.4 is 5.32 Å². The highest BCUT2D eigenvalue weighted by Crippen LogP contribution is 2.31. The fourth-order valence-corrected chi connectivity index (χ4v) is 6.44. The Morgan fingerprint density at radius 3 is 2.36 bits per heavy atom. The summed E-state index contributed by atoms with van der Waals surface area (Å²) < 4.78 is 27.8. The zero-order chi connectivity index (χ0) is 18.0. The summed E-state index contributed by atoms with van der Waals surface area (Å²) >= 11 is 4.50. The van der Waals surface area contributed by atoms with E-state index in [2.05, 4.69) is 21.2 Å². The highest BCUT2D eigenvalue weighted by Gasteiger charge is 2.32. The van der Waals surface area contributed by atoms with Crippen LogP contribution in [0.15, 0.2) is 44.4 Å². The summed E-state index contributed by atoms with van der Waals surface area (Å²) in [5, 5.41) is 2.92. The van der Waals surface area contributed by atoms with Crippen molar-refractivity contribution < 1.29 is 13.2 Å². The lowest BCUT2D eigenvalue weighted by Crippen LogP contribution is -2.41. The molecule has 134 valence electrons. The molecule has 0 radical (unpaired) electrons. The number of rotatable bonds is 4. The molecule has 8 heteroatoms. The number of anilines is 1. The number of aryl methyl sites for hydroxylation is 1. The van der Waals surface area contributed by atoms with Gasteiger partial charge < -0.3 is 5.32 Å². The van der Waals surface area contributed by atoms with Gasteiger partial charge in [0.05, 0.1) is 3.79 Å². The van der Waals surface area contributed by atoms with Crippen molar-refractivity contribution in [2.45, 2.75) is 24.0 Å². The molecule has 3 rings (SSSR count). The maximum atomic E-state index is 12.6. The van der Waals surface area contributed by atoms with Crippen molar-refractivity contribution in [3.8, 4) is 0 Å². The third-order valence-electron chi connectivity index (χ3n) is 4.29. The Morgan fingerprint density at radius 1 is 1.16 bits per heavy atom. The molecule has 5 nitrogen and oxygen atoms in total. The van der Waals surface area contributed by atoms with Crippen molar-refractivity contribution in [2.75, 3.05) is 18.4 Å². The van der Waals surface area contributed by atoms with E-state index in [0.29, 0.717) is 30.1 Å². The maximum Gasteiger partial charge on any atom is 0.252 e. The zero-order valence-corrected chi connectivity index (χ0v) is 17.0. The van der Waals surface area contributed by atoms with E-state index in [1.807, 2.05) is 31.2 Å². The lowest BCUT2D eigenvalue weighted by molar-refractivity contribution is -0.120. The third kappa shape index (κ3) is 4.31. The van der Waals surface area contributed by atoms with Crippen LogP contribution in [0.3, 0.4) is 0 Å². The van der Waals surface area contributed by atoms with Gasteiger partial charge in [-0.05, 0) is 60.0 Å². The van der Waals surface area contributed by atoms with Gasteiger partial charge in [0.1, 0.15) is 4.21 Å². The lowest BCUT2D eigenvalue weighted by atomic mass is 9.97. The van der Waals surface area contributed by atoms with Gasteiger partial charge in [-0.2, -0.15) is 4.31 Å². The minimum absolute atomic E-state index is 0.0419. The average molecular weight is 443 g/mol. The van der Waals surface area contributed by atoms with E-state index in [1.54, 1.807) is 12.1 Å². The van der Waals surface area contributed by atoms with E-state index in [0.717, 1.165) is 15.0 Å². The number of hydrogen-bond donors (Lipinski definition) is 1. The Labute approximate surface area is 160 Å². The summed E-state index contributed by atoms with van der Waals surface area (Å²) in [4.78, 5) is 12.4. The van der Waals surface area contributed by atoms with Crippen LogP contribution in [0.4, 0.5) is 5.69 Å². The molecule has 0 atom stereocenters. The van der Waals surface area contributed by atoms with Crippen LogP contribution >= 0.6 is 27.3 Å². The number of halogens is 1. The molecule has 1 fully saturated rings. The Bertz CT molecular complexity index is 854. The number of nitrogens with one attached hydrogen (secondary N) is 1. The Kier molecular flexibility index (Phi) is 5.62. The minimum atomic E-state index is -3.46. The van der Waals surface area contributed by atoms with Crippen molar-refractivity contribution in [3.63, 3.8) is 0 Å². The maximum absolute atomic E-state index is 12.6. The van der Waals surface area contributed by atoms with Crippen LogP contribution in [-0.4, -0.2) is 31.7 Å². The molecular formula is C17H19BrN2O3S2. The molecule has 1 aliphatic rings. The molecule has 1 aliphatic heterocycles. The molecule has 1 saturated heterocycles. The quantitative estimate of drug-likeness (QED) is 0.781. The first-order valence-corrected chi connectivity index (χ1v) is 11.0. The van der Waals surface area contributed by atoms with Crippen LogP contribution in [-0.2, 0) is 14.8 Å². The van der Waals surface area contributed by atoms with Crippen molar-refractivity contribution >= 4 is 48.9 Å². The predicted octanol–water partition coefficient (Wildman–Crippen LogP) is 3.86. The second kappa shape index (κ2) is 7.57. The Balaban J connectivity index is 1.59. The van der Waals surface area contributed by atoms with E-state index in [4.69, 9.17) is 0 Å². The first-order valence-electron chi connectivity index (χ1n) is 7.99. The Hall–Kier alpha value is -1.22. The van der Waals surface area contributed by atoms with Crippen molar-refractivity contribution in [1.29, 1.82) is 0 Å². The number of piperidine rings is 1. The number of carbonyl (C=O) groups is 1. The molecule has 25 heavy (non-hydrogen) atoms. The van der Waals surface area contributed by atoms with Crippen LogP contribution in [0.1, 0.15) is 18.4 Å². The van der Waals surface area contributed by atoms with Gasteiger partial charge in [-0.1, -0.05) is 17.7 Å². The molecule has 2 aromatic rings. The number of thiophene rings is 1. The highest BCUT2D eigenvalue weighted by molar-refractivity contribution is 9.11. The van der Waals surface area contributed by atoms with E-state index in [9.17, 15) is 13.2 Å². The van der Waals surface area contributed by atoms with E-state index >= 15 is 0 Å². The lowest BCUT2D eigenvalue weighted by Gasteiger charge is -2.30. The first kappa shape index (κ1) is 18.6. The standard InChI is InChI=1S/C17H19BrN2O3S2/c1-12-2-4-14(5-3-12)19-17(21)13-8-10-20(11-9-13)25(22,23)16-7-6-15(18)24-16/h2-7,13H,8-11H2,1H3,(H,19,21). The molecular weight excluding hydrogens is 424 g/mol. The Morgan fingerprint density at radius 2 is 1.80 bits per heavy atom. The van der Waals surface area contributed by atoms with E-state index in [-0.39, 0.29) is 11.8 Å². The summed E-state index contributed by atoms with van der Waals surface area (Å²) in [7, 11) is -3.46. The fraction of sp³-hybridized carbons (Fsp3) is 0.353. The molecule has 1 N–H and O–H groups in total. The van der Waals surface area contributed by atoms with Crippen molar-refractivity contribution in [2.24, 2.45) is 5.92 Å². The number of amides is 1. The molecule has 0 bridgehead atoms. The van der Waals surface area contributed by atoms with E-state index in [1.165, 1.54) is 15.6 Å². The van der Waals surface area contributed by atoms with Crippen molar-refractivity contribution in [3.05, 3.63) is 45.7 Å². The number of hydrogen-bond acceptors (Lipinski definition) is 4. The monoisotopic (exact) mass is 442 g/mol. The molecule has 0 aliphatic carbocycles. The van der Waals surface area contributed by atoms with Gasteiger partial charge >= 0.3 is 0 Å². The summed E-state index contributed by atoms with van der Waals surface area (Å²) in [6, 6.07) is 11.0. The minimum Gasteiger partial charge on any atom is -0.326 e. The zero-order valence-electron chi connectivity index (χ0n) is 13.7. The third-order valence-corrected chi connectivity index (χ3v) is 8.28. The van der Waals surface area contributed by atoms with Gasteiger partial charge in [-0.3, -0.25) is 4.79 Å². The number of benzene rings is 1. The SMILES string of the molecule is Cc1ccc(NC(=O)C2CCN(S(=O)(=O)c3ccc(Br)s3)CC2)cc1. The van der Waals surface area contributed by atoms with Gasteiger partial charge in [-0.15, -0.1) is 11.3 Å². The van der Waals surface area contributed by atoms with Gasteiger partial charge in [-0.25, -0.2) is 8.42 Å². The van der Waals surface area contributed by atoms with Crippen LogP contribution in [0.5, 0.6) is 0 Å². The number of carbonyl (C=O) groups excluding carboxylic acids is 1.